The van der Waals surface area contributed by atoms with Gasteiger partial charge in [0, 0.05) is 42.4 Å². The standard InChI is InChI=1S/C20H30ClN5O3/c1-13-6-7-15(12-16(13)21)22-19(29)26-10-8-25(9-11-26)14(2)17(27)23-18(28)24-20(3,4)5/h6-7,12,14H,8-11H2,1-5H3,(H,22,29)(H2,23,24,27,28). The molecule has 160 valence electrons. The van der Waals surface area contributed by atoms with Gasteiger partial charge in [-0.1, -0.05) is 17.7 Å². The Bertz CT molecular complexity index is 770. The molecule has 0 radical (unpaired) electrons. The Morgan fingerprint density at radius 1 is 1.10 bits per heavy atom. The van der Waals surface area contributed by atoms with Crippen molar-refractivity contribution in [2.75, 3.05) is 31.5 Å². The average Bonchev–Trinajstić information content (AvgIpc) is 2.62. The summed E-state index contributed by atoms with van der Waals surface area (Å²) < 4.78 is 0. The van der Waals surface area contributed by atoms with Gasteiger partial charge in [0.2, 0.25) is 5.91 Å². The van der Waals surface area contributed by atoms with Gasteiger partial charge in [-0.2, -0.15) is 0 Å². The van der Waals surface area contributed by atoms with Crippen LogP contribution in [0.25, 0.3) is 0 Å². The van der Waals surface area contributed by atoms with Crippen molar-refractivity contribution in [1.29, 1.82) is 0 Å². The van der Waals surface area contributed by atoms with E-state index in [2.05, 4.69) is 16.0 Å². The van der Waals surface area contributed by atoms with Crippen LogP contribution in [0.4, 0.5) is 15.3 Å². The van der Waals surface area contributed by atoms with Crippen LogP contribution >= 0.6 is 11.6 Å². The lowest BCUT2D eigenvalue weighted by Crippen LogP contribution is -2.57. The zero-order chi connectivity index (χ0) is 21.8. The van der Waals surface area contributed by atoms with E-state index in [9.17, 15) is 14.4 Å². The molecule has 1 heterocycles. The molecule has 5 amide bonds. The van der Waals surface area contributed by atoms with E-state index in [4.69, 9.17) is 11.6 Å². The second-order valence-electron chi connectivity index (χ2n) is 8.29. The summed E-state index contributed by atoms with van der Waals surface area (Å²) in [4.78, 5) is 40.3. The van der Waals surface area contributed by atoms with E-state index in [0.717, 1.165) is 5.56 Å². The molecule has 1 aliphatic rings. The number of amides is 5. The van der Waals surface area contributed by atoms with Gasteiger partial charge < -0.3 is 15.5 Å². The molecule has 1 aromatic carbocycles. The molecule has 0 bridgehead atoms. The van der Waals surface area contributed by atoms with E-state index in [1.165, 1.54) is 0 Å². The predicted molar refractivity (Wildman–Crippen MR) is 114 cm³/mol. The minimum absolute atomic E-state index is 0.203. The highest BCUT2D eigenvalue weighted by Crippen LogP contribution is 2.20. The SMILES string of the molecule is Cc1ccc(NC(=O)N2CCN(C(C)C(=O)NC(=O)NC(C)(C)C)CC2)cc1Cl. The lowest BCUT2D eigenvalue weighted by molar-refractivity contribution is -0.125. The van der Waals surface area contributed by atoms with E-state index >= 15 is 0 Å². The second kappa shape index (κ2) is 9.45. The molecule has 9 heteroatoms. The minimum Gasteiger partial charge on any atom is -0.333 e. The number of benzene rings is 1. The Hall–Kier alpha value is -2.32. The molecule has 3 N–H and O–H groups in total. The van der Waals surface area contributed by atoms with Crippen molar-refractivity contribution in [2.24, 2.45) is 0 Å². The summed E-state index contributed by atoms with van der Waals surface area (Å²) in [5.74, 6) is -0.362. The summed E-state index contributed by atoms with van der Waals surface area (Å²) in [5, 5.41) is 8.52. The molecule has 1 atom stereocenters. The molecule has 0 spiro atoms. The quantitative estimate of drug-likeness (QED) is 0.696. The fourth-order valence-corrected chi connectivity index (χ4v) is 3.12. The Kier molecular flexibility index (Phi) is 7.48. The minimum atomic E-state index is -0.510. The molecule has 1 aliphatic heterocycles. The maximum absolute atomic E-state index is 12.5. The van der Waals surface area contributed by atoms with Crippen LogP contribution < -0.4 is 16.0 Å². The maximum atomic E-state index is 12.5. The maximum Gasteiger partial charge on any atom is 0.321 e. The van der Waals surface area contributed by atoms with E-state index in [1.54, 1.807) is 17.9 Å². The van der Waals surface area contributed by atoms with Crippen molar-refractivity contribution in [1.82, 2.24) is 20.4 Å². The number of urea groups is 2. The fourth-order valence-electron chi connectivity index (χ4n) is 2.94. The van der Waals surface area contributed by atoms with Crippen molar-refractivity contribution in [3.63, 3.8) is 0 Å². The van der Waals surface area contributed by atoms with Gasteiger partial charge in [-0.3, -0.25) is 15.0 Å². The van der Waals surface area contributed by atoms with Crippen molar-refractivity contribution in [3.8, 4) is 0 Å². The highest BCUT2D eigenvalue weighted by molar-refractivity contribution is 6.31. The van der Waals surface area contributed by atoms with Crippen LogP contribution in [-0.4, -0.2) is 65.5 Å². The first-order chi connectivity index (χ1) is 13.5. The smallest absolute Gasteiger partial charge is 0.321 e. The predicted octanol–water partition coefficient (Wildman–Crippen LogP) is 2.81. The molecular formula is C20H30ClN5O3. The van der Waals surface area contributed by atoms with E-state index < -0.39 is 17.6 Å². The Balaban J connectivity index is 1.82. The largest absolute Gasteiger partial charge is 0.333 e. The van der Waals surface area contributed by atoms with Crippen molar-refractivity contribution in [3.05, 3.63) is 28.8 Å². The zero-order valence-electron chi connectivity index (χ0n) is 17.6. The van der Waals surface area contributed by atoms with E-state index in [0.29, 0.717) is 36.9 Å². The monoisotopic (exact) mass is 423 g/mol. The number of halogens is 1. The molecule has 0 aliphatic carbocycles. The number of carbonyl (C=O) groups excluding carboxylic acids is 3. The van der Waals surface area contributed by atoms with Crippen molar-refractivity contribution < 1.29 is 14.4 Å². The molecule has 2 rings (SSSR count). The summed E-state index contributed by atoms with van der Waals surface area (Å²) in [6.07, 6.45) is 0. The van der Waals surface area contributed by atoms with Crippen LogP contribution in [0.15, 0.2) is 18.2 Å². The van der Waals surface area contributed by atoms with Gasteiger partial charge >= 0.3 is 12.1 Å². The number of hydrogen-bond donors (Lipinski definition) is 3. The van der Waals surface area contributed by atoms with Crippen LogP contribution in [-0.2, 0) is 4.79 Å². The van der Waals surface area contributed by atoms with Gasteiger partial charge in [-0.25, -0.2) is 9.59 Å². The Morgan fingerprint density at radius 2 is 1.72 bits per heavy atom. The van der Waals surface area contributed by atoms with Gasteiger partial charge in [-0.15, -0.1) is 0 Å². The van der Waals surface area contributed by atoms with Crippen LogP contribution in [0.2, 0.25) is 5.02 Å². The van der Waals surface area contributed by atoms with Gasteiger partial charge in [0.1, 0.15) is 0 Å². The summed E-state index contributed by atoms with van der Waals surface area (Å²) >= 11 is 6.10. The number of rotatable bonds is 3. The van der Waals surface area contributed by atoms with E-state index in [1.807, 2.05) is 44.7 Å². The van der Waals surface area contributed by atoms with Crippen molar-refractivity contribution >= 4 is 35.3 Å². The molecule has 0 aromatic heterocycles. The highest BCUT2D eigenvalue weighted by atomic mass is 35.5. The zero-order valence-corrected chi connectivity index (χ0v) is 18.4. The van der Waals surface area contributed by atoms with Gasteiger partial charge in [0.25, 0.3) is 0 Å². The van der Waals surface area contributed by atoms with Gasteiger partial charge in [-0.05, 0) is 52.3 Å². The first kappa shape index (κ1) is 23.0. The number of imide groups is 1. The van der Waals surface area contributed by atoms with E-state index in [-0.39, 0.29) is 11.9 Å². The third-order valence-corrected chi connectivity index (χ3v) is 5.08. The molecule has 1 unspecified atom stereocenters. The number of anilines is 1. The van der Waals surface area contributed by atoms with Gasteiger partial charge in [0.15, 0.2) is 0 Å². The number of nitrogens with one attached hydrogen (secondary N) is 3. The van der Waals surface area contributed by atoms with Crippen molar-refractivity contribution in [2.45, 2.75) is 46.2 Å². The van der Waals surface area contributed by atoms with Crippen LogP contribution in [0.3, 0.4) is 0 Å². The normalized spacial score (nSPS) is 16.1. The topological polar surface area (TPSA) is 93.8 Å². The third kappa shape index (κ3) is 6.90. The number of nitrogens with zero attached hydrogens (tertiary/aromatic N) is 2. The first-order valence-electron chi connectivity index (χ1n) is 9.65. The summed E-state index contributed by atoms with van der Waals surface area (Å²) in [6, 6.07) is 4.20. The first-order valence-corrected chi connectivity index (χ1v) is 10.0. The van der Waals surface area contributed by atoms with Gasteiger partial charge in [0.05, 0.1) is 6.04 Å². The van der Waals surface area contributed by atoms with Crippen LogP contribution in [0.1, 0.15) is 33.3 Å². The summed E-state index contributed by atoms with van der Waals surface area (Å²) in [6.45, 7) is 11.2. The molecule has 1 saturated heterocycles. The van der Waals surface area contributed by atoms with Crippen LogP contribution in [0.5, 0.6) is 0 Å². The second-order valence-corrected chi connectivity index (χ2v) is 8.69. The molecule has 1 aromatic rings. The lowest BCUT2D eigenvalue weighted by Gasteiger charge is -2.37. The average molecular weight is 424 g/mol. The molecule has 0 saturated carbocycles. The summed E-state index contributed by atoms with van der Waals surface area (Å²) in [5.41, 5.74) is 1.17. The highest BCUT2D eigenvalue weighted by Gasteiger charge is 2.28. The summed E-state index contributed by atoms with van der Waals surface area (Å²) in [7, 11) is 0. The molecule has 29 heavy (non-hydrogen) atoms. The number of aryl methyl sites for hydroxylation is 1. The number of carbonyl (C=O) groups is 3. The Labute approximate surface area is 176 Å². The molecule has 1 fully saturated rings. The Morgan fingerprint density at radius 3 is 2.28 bits per heavy atom. The molecule has 8 nitrogen and oxygen atoms in total. The molecular weight excluding hydrogens is 394 g/mol. The lowest BCUT2D eigenvalue weighted by atomic mass is 10.1. The fraction of sp³-hybridized carbons (Fsp3) is 0.550. The van der Waals surface area contributed by atoms with Crippen LogP contribution in [0, 0.1) is 6.92 Å². The third-order valence-electron chi connectivity index (χ3n) is 4.68. The number of hydrogen-bond acceptors (Lipinski definition) is 4. The number of piperazine rings is 1.